The summed E-state index contributed by atoms with van der Waals surface area (Å²) < 4.78 is 14.2. The third-order valence-electron chi connectivity index (χ3n) is 3.19. The van der Waals surface area contributed by atoms with Crippen molar-refractivity contribution < 1.29 is 9.18 Å². The molecular formula is C16H18ClFN2OS. The molecule has 0 saturated carbocycles. The highest BCUT2D eigenvalue weighted by molar-refractivity contribution is 7.16. The van der Waals surface area contributed by atoms with E-state index >= 15 is 0 Å². The molecule has 0 spiro atoms. The number of benzene rings is 1. The normalized spacial score (nSPS) is 11.0. The van der Waals surface area contributed by atoms with Crippen LogP contribution in [0.1, 0.15) is 16.0 Å². The second-order valence-corrected chi connectivity index (χ2v) is 7.04. The predicted octanol–water partition coefficient (Wildman–Crippen LogP) is 3.60. The van der Waals surface area contributed by atoms with Gasteiger partial charge < -0.3 is 5.32 Å². The highest BCUT2D eigenvalue weighted by Crippen LogP contribution is 2.22. The van der Waals surface area contributed by atoms with Crippen LogP contribution in [0.2, 0.25) is 4.34 Å². The summed E-state index contributed by atoms with van der Waals surface area (Å²) in [7, 11) is 1.87. The zero-order chi connectivity index (χ0) is 16.1. The molecule has 1 aromatic heterocycles. The number of rotatable bonds is 6. The largest absolute Gasteiger partial charge is 0.351 e. The van der Waals surface area contributed by atoms with Gasteiger partial charge in [0.25, 0.3) is 0 Å². The van der Waals surface area contributed by atoms with Gasteiger partial charge in [-0.25, -0.2) is 4.39 Å². The maximum absolute atomic E-state index is 13.4. The molecule has 1 N–H and O–H groups in total. The van der Waals surface area contributed by atoms with Crippen molar-refractivity contribution >= 4 is 28.8 Å². The molecule has 0 bridgehead atoms. The van der Waals surface area contributed by atoms with Gasteiger partial charge in [0.1, 0.15) is 5.82 Å². The fourth-order valence-corrected chi connectivity index (χ4v) is 3.17. The molecule has 1 aromatic carbocycles. The van der Waals surface area contributed by atoms with Gasteiger partial charge in [0.2, 0.25) is 5.91 Å². The summed E-state index contributed by atoms with van der Waals surface area (Å²) in [5.41, 5.74) is 1.36. The van der Waals surface area contributed by atoms with Crippen LogP contribution in [0.5, 0.6) is 0 Å². The highest BCUT2D eigenvalue weighted by Gasteiger charge is 2.09. The molecule has 2 rings (SSSR count). The minimum Gasteiger partial charge on any atom is -0.351 e. The molecule has 1 heterocycles. The van der Waals surface area contributed by atoms with Crippen molar-refractivity contribution in [2.75, 3.05) is 13.6 Å². The van der Waals surface area contributed by atoms with Crippen molar-refractivity contribution in [2.45, 2.75) is 20.0 Å². The fourth-order valence-electron chi connectivity index (χ4n) is 2.01. The maximum atomic E-state index is 13.4. The maximum Gasteiger partial charge on any atom is 0.234 e. The van der Waals surface area contributed by atoms with E-state index in [1.54, 1.807) is 13.0 Å². The third kappa shape index (κ3) is 5.09. The first-order valence-electron chi connectivity index (χ1n) is 6.88. The van der Waals surface area contributed by atoms with E-state index < -0.39 is 0 Å². The van der Waals surface area contributed by atoms with Gasteiger partial charge in [0, 0.05) is 18.0 Å². The third-order valence-corrected chi connectivity index (χ3v) is 4.41. The van der Waals surface area contributed by atoms with Crippen molar-refractivity contribution in [1.29, 1.82) is 0 Å². The van der Waals surface area contributed by atoms with Gasteiger partial charge in [-0.3, -0.25) is 9.69 Å². The van der Waals surface area contributed by atoms with Crippen LogP contribution in [0.4, 0.5) is 4.39 Å². The number of halogens is 2. The van der Waals surface area contributed by atoms with E-state index in [-0.39, 0.29) is 18.3 Å². The molecule has 0 unspecified atom stereocenters. The number of likely N-dealkylation sites (N-methyl/N-ethyl adjacent to an activating group) is 1. The van der Waals surface area contributed by atoms with E-state index in [0.717, 1.165) is 14.8 Å². The summed E-state index contributed by atoms with van der Waals surface area (Å²) in [6.45, 7) is 2.99. The van der Waals surface area contributed by atoms with Gasteiger partial charge in [-0.1, -0.05) is 23.7 Å². The first-order valence-corrected chi connectivity index (χ1v) is 8.08. The van der Waals surface area contributed by atoms with Crippen molar-refractivity contribution in [3.8, 4) is 0 Å². The van der Waals surface area contributed by atoms with Crippen molar-refractivity contribution in [3.63, 3.8) is 0 Å². The van der Waals surface area contributed by atoms with E-state index in [4.69, 9.17) is 11.6 Å². The number of hydrogen-bond acceptors (Lipinski definition) is 3. The summed E-state index contributed by atoms with van der Waals surface area (Å²) in [5, 5.41) is 2.80. The molecule has 0 radical (unpaired) electrons. The van der Waals surface area contributed by atoms with Crippen LogP contribution in [0.3, 0.4) is 0 Å². The molecule has 0 fully saturated rings. The average molecular weight is 341 g/mol. The van der Waals surface area contributed by atoms with Gasteiger partial charge in [-0.15, -0.1) is 11.3 Å². The Hall–Kier alpha value is -1.43. The van der Waals surface area contributed by atoms with Crippen molar-refractivity contribution in [3.05, 3.63) is 56.5 Å². The van der Waals surface area contributed by atoms with Crippen molar-refractivity contribution in [1.82, 2.24) is 10.2 Å². The van der Waals surface area contributed by atoms with E-state index in [1.165, 1.54) is 17.4 Å². The summed E-state index contributed by atoms with van der Waals surface area (Å²) in [6, 6.07) is 8.78. The Morgan fingerprint density at radius 3 is 2.77 bits per heavy atom. The van der Waals surface area contributed by atoms with Gasteiger partial charge in [0.15, 0.2) is 0 Å². The van der Waals surface area contributed by atoms with E-state index in [2.05, 4.69) is 5.32 Å². The molecule has 118 valence electrons. The molecule has 1 amide bonds. The zero-order valence-electron chi connectivity index (χ0n) is 12.5. The summed E-state index contributed by atoms with van der Waals surface area (Å²) in [6.07, 6.45) is 0. The fraction of sp³-hybridized carbons (Fsp3) is 0.312. The molecule has 2 aromatic rings. The monoisotopic (exact) mass is 340 g/mol. The lowest BCUT2D eigenvalue weighted by molar-refractivity contribution is -0.122. The topological polar surface area (TPSA) is 32.3 Å². The van der Waals surface area contributed by atoms with Gasteiger partial charge in [-0.2, -0.15) is 0 Å². The smallest absolute Gasteiger partial charge is 0.234 e. The number of thiophene rings is 1. The van der Waals surface area contributed by atoms with Gasteiger partial charge in [0.05, 0.1) is 10.9 Å². The lowest BCUT2D eigenvalue weighted by atomic mass is 10.1. The van der Waals surface area contributed by atoms with Gasteiger partial charge in [-0.05, 0) is 43.3 Å². The SMILES string of the molecule is Cc1ccc(CNC(=O)CN(C)Cc2ccc(Cl)s2)cc1F. The second kappa shape index (κ2) is 7.72. The molecule has 22 heavy (non-hydrogen) atoms. The Balaban J connectivity index is 1.78. The number of hydrogen-bond donors (Lipinski definition) is 1. The quantitative estimate of drug-likeness (QED) is 0.871. The number of carbonyl (C=O) groups excluding carboxylic acids is 1. The van der Waals surface area contributed by atoms with E-state index in [9.17, 15) is 9.18 Å². The zero-order valence-corrected chi connectivity index (χ0v) is 14.1. The molecular weight excluding hydrogens is 323 g/mol. The van der Waals surface area contributed by atoms with Crippen LogP contribution < -0.4 is 5.32 Å². The van der Waals surface area contributed by atoms with E-state index in [0.29, 0.717) is 18.7 Å². The Morgan fingerprint density at radius 2 is 2.14 bits per heavy atom. The molecule has 0 aliphatic heterocycles. The van der Waals surface area contributed by atoms with Crippen LogP contribution in [0, 0.1) is 12.7 Å². The van der Waals surface area contributed by atoms with Crippen LogP contribution in [-0.2, 0) is 17.9 Å². The Morgan fingerprint density at radius 1 is 1.36 bits per heavy atom. The lowest BCUT2D eigenvalue weighted by Gasteiger charge is -2.15. The van der Waals surface area contributed by atoms with Crippen LogP contribution in [-0.4, -0.2) is 24.4 Å². The first-order chi connectivity index (χ1) is 10.4. The molecule has 0 atom stereocenters. The van der Waals surface area contributed by atoms with E-state index in [1.807, 2.05) is 30.1 Å². The average Bonchev–Trinajstić information content (AvgIpc) is 2.85. The lowest BCUT2D eigenvalue weighted by Crippen LogP contribution is -2.34. The first kappa shape index (κ1) is 16.9. The van der Waals surface area contributed by atoms with Crippen molar-refractivity contribution in [2.24, 2.45) is 0 Å². The molecule has 0 aliphatic carbocycles. The Labute approximate surface area is 138 Å². The van der Waals surface area contributed by atoms with Gasteiger partial charge >= 0.3 is 0 Å². The number of amides is 1. The molecule has 0 saturated heterocycles. The van der Waals surface area contributed by atoms with Crippen LogP contribution >= 0.6 is 22.9 Å². The molecule has 6 heteroatoms. The van der Waals surface area contributed by atoms with Crippen LogP contribution in [0.25, 0.3) is 0 Å². The number of nitrogens with one attached hydrogen (secondary N) is 1. The minimum absolute atomic E-state index is 0.0915. The number of carbonyl (C=O) groups is 1. The summed E-state index contributed by atoms with van der Waals surface area (Å²) in [5.74, 6) is -0.343. The number of aryl methyl sites for hydroxylation is 1. The Bertz CT molecular complexity index is 659. The summed E-state index contributed by atoms with van der Waals surface area (Å²) >= 11 is 7.39. The Kier molecular flexibility index (Phi) is 5.94. The molecule has 0 aliphatic rings. The predicted molar refractivity (Wildman–Crippen MR) is 88.6 cm³/mol. The second-order valence-electron chi connectivity index (χ2n) is 5.24. The summed E-state index contributed by atoms with van der Waals surface area (Å²) in [4.78, 5) is 14.9. The standard InChI is InChI=1S/C16H18ClFN2OS/c1-11-3-4-12(7-14(11)18)8-19-16(21)10-20(2)9-13-5-6-15(17)22-13/h3-7H,8-10H2,1-2H3,(H,19,21). The minimum atomic E-state index is -0.251. The highest BCUT2D eigenvalue weighted by atomic mass is 35.5. The van der Waals surface area contributed by atoms with Crippen LogP contribution in [0.15, 0.2) is 30.3 Å². The molecule has 3 nitrogen and oxygen atoms in total. The number of nitrogens with zero attached hydrogens (tertiary/aromatic N) is 1.